The molecule has 3 aromatic rings. The van der Waals surface area contributed by atoms with Crippen molar-refractivity contribution in [1.82, 2.24) is 15.8 Å². The molecule has 4 rings (SSSR count). The van der Waals surface area contributed by atoms with Gasteiger partial charge in [-0.05, 0) is 30.3 Å². The monoisotopic (exact) mass is 371 g/mol. The minimum Gasteiger partial charge on any atom is -0.360 e. The van der Waals surface area contributed by atoms with Gasteiger partial charge >= 0.3 is 0 Å². The zero-order valence-corrected chi connectivity index (χ0v) is 14.2. The number of carbonyl (C=O) groups excluding carboxylic acids is 1. The Morgan fingerprint density at radius 3 is 2.81 bits per heavy atom. The lowest BCUT2D eigenvalue weighted by Gasteiger charge is -2.19. The molecule has 3 N–H and O–H groups in total. The van der Waals surface area contributed by atoms with Crippen LogP contribution in [0.5, 0.6) is 0 Å². The quantitative estimate of drug-likeness (QED) is 0.487. The smallest absolute Gasteiger partial charge is 0.271 e. The van der Waals surface area contributed by atoms with Gasteiger partial charge in [-0.3, -0.25) is 15.6 Å². The number of halogens is 1. The molecule has 0 spiro atoms. The highest BCUT2D eigenvalue weighted by Crippen LogP contribution is 2.28. The molecule has 0 saturated heterocycles. The van der Waals surface area contributed by atoms with Crippen LogP contribution in [-0.4, -0.2) is 25.1 Å². The predicted molar refractivity (Wildman–Crippen MR) is 95.3 cm³/mol. The van der Waals surface area contributed by atoms with Gasteiger partial charge in [0.05, 0.1) is 21.9 Å². The Bertz CT molecular complexity index is 1170. The van der Waals surface area contributed by atoms with E-state index < -0.39 is 21.6 Å². The first-order valence-electron chi connectivity index (χ1n) is 7.81. The maximum absolute atomic E-state index is 13.6. The third-order valence-electron chi connectivity index (χ3n) is 4.22. The van der Waals surface area contributed by atoms with Crippen LogP contribution in [0.3, 0.4) is 0 Å². The molecule has 0 bridgehead atoms. The first-order chi connectivity index (χ1) is 12.5. The van der Waals surface area contributed by atoms with E-state index in [0.29, 0.717) is 11.3 Å². The van der Waals surface area contributed by atoms with Crippen molar-refractivity contribution in [3.8, 4) is 0 Å². The summed E-state index contributed by atoms with van der Waals surface area (Å²) in [5.41, 5.74) is 7.05. The summed E-state index contributed by atoms with van der Waals surface area (Å²) in [7, 11) is -3.50. The molecule has 1 aromatic heterocycles. The first kappa shape index (κ1) is 16.3. The van der Waals surface area contributed by atoms with Gasteiger partial charge in [0, 0.05) is 22.7 Å². The van der Waals surface area contributed by atoms with Crippen LogP contribution in [0, 0.1) is 5.82 Å². The summed E-state index contributed by atoms with van der Waals surface area (Å²) < 4.78 is 37.8. The number of benzene rings is 2. The molecule has 0 fully saturated rings. The van der Waals surface area contributed by atoms with Crippen molar-refractivity contribution < 1.29 is 17.6 Å². The molecule has 8 heteroatoms. The van der Waals surface area contributed by atoms with E-state index in [-0.39, 0.29) is 16.2 Å². The average molecular weight is 371 g/mol. The number of carbonyl (C=O) groups is 1. The Balaban J connectivity index is 1.60. The first-order valence-corrected chi connectivity index (χ1v) is 9.46. The zero-order valence-electron chi connectivity index (χ0n) is 13.4. The van der Waals surface area contributed by atoms with E-state index in [1.165, 1.54) is 12.1 Å². The number of nitrogens with one attached hydrogen (secondary N) is 3. The topological polar surface area (TPSA) is 91.1 Å². The van der Waals surface area contributed by atoms with Crippen molar-refractivity contribution in [2.75, 3.05) is 5.75 Å². The van der Waals surface area contributed by atoms with Gasteiger partial charge in [0.1, 0.15) is 5.82 Å². The van der Waals surface area contributed by atoms with Gasteiger partial charge in [-0.1, -0.05) is 18.2 Å². The number of hydrogen-bond donors (Lipinski definition) is 3. The van der Waals surface area contributed by atoms with Crippen LogP contribution in [0.1, 0.15) is 15.9 Å². The van der Waals surface area contributed by atoms with Crippen LogP contribution < -0.4 is 10.9 Å². The molecule has 1 amide bonds. The highest BCUT2D eigenvalue weighted by Gasteiger charge is 2.25. The second-order valence-electron chi connectivity index (χ2n) is 5.87. The second kappa shape index (κ2) is 5.99. The minimum atomic E-state index is -3.50. The lowest BCUT2D eigenvalue weighted by atomic mass is 10.1. The Morgan fingerprint density at radius 1 is 1.15 bits per heavy atom. The van der Waals surface area contributed by atoms with E-state index in [0.717, 1.165) is 23.0 Å². The minimum absolute atomic E-state index is 0.0326. The van der Waals surface area contributed by atoms with E-state index in [1.54, 1.807) is 6.20 Å². The maximum Gasteiger partial charge on any atom is 0.271 e. The normalized spacial score (nSPS) is 15.2. The van der Waals surface area contributed by atoms with Crippen LogP contribution in [0.2, 0.25) is 0 Å². The van der Waals surface area contributed by atoms with Gasteiger partial charge in [0.2, 0.25) is 0 Å². The molecule has 0 radical (unpaired) electrons. The van der Waals surface area contributed by atoms with E-state index in [1.807, 2.05) is 24.3 Å². The second-order valence-corrected chi connectivity index (χ2v) is 7.87. The van der Waals surface area contributed by atoms with E-state index in [9.17, 15) is 17.6 Å². The molecule has 26 heavy (non-hydrogen) atoms. The van der Waals surface area contributed by atoms with Crippen molar-refractivity contribution in [3.05, 3.63) is 71.7 Å². The number of para-hydroxylation sites is 1. The van der Waals surface area contributed by atoms with Gasteiger partial charge in [-0.25, -0.2) is 12.8 Å². The van der Waals surface area contributed by atoms with Crippen LogP contribution in [0.4, 0.5) is 4.39 Å². The van der Waals surface area contributed by atoms with Gasteiger partial charge < -0.3 is 4.98 Å². The predicted octanol–water partition coefficient (Wildman–Crippen LogP) is 2.37. The van der Waals surface area contributed by atoms with Crippen LogP contribution in [0.15, 0.2) is 59.6 Å². The summed E-state index contributed by atoms with van der Waals surface area (Å²) in [5.74, 6) is -1.18. The molecular formula is C18H14FN3O3S. The standard InChI is InChI=1S/C18H14FN3O3S/c19-11-5-6-17-13(9-11)16(7-8-26(17,24)25)21-22-18(23)14-10-20-15-4-2-1-3-12(14)15/h1-7,9-10,20-21H,8H2,(H,22,23). The summed E-state index contributed by atoms with van der Waals surface area (Å²) in [6.45, 7) is 0. The highest BCUT2D eigenvalue weighted by atomic mass is 32.2. The summed E-state index contributed by atoms with van der Waals surface area (Å²) in [6.07, 6.45) is 3.00. The number of aromatic nitrogens is 1. The fraction of sp³-hybridized carbons (Fsp3) is 0.0556. The van der Waals surface area contributed by atoms with Crippen molar-refractivity contribution >= 4 is 32.3 Å². The summed E-state index contributed by atoms with van der Waals surface area (Å²) in [6, 6.07) is 10.8. The Labute approximate surface area is 148 Å². The molecule has 2 heterocycles. The van der Waals surface area contributed by atoms with E-state index >= 15 is 0 Å². The average Bonchev–Trinajstić information content (AvgIpc) is 3.05. The number of sulfone groups is 1. The van der Waals surface area contributed by atoms with Gasteiger partial charge in [0.15, 0.2) is 9.84 Å². The molecule has 1 aliphatic heterocycles. The fourth-order valence-electron chi connectivity index (χ4n) is 2.95. The molecular weight excluding hydrogens is 357 g/mol. The van der Waals surface area contributed by atoms with Gasteiger partial charge in [-0.2, -0.15) is 0 Å². The number of hydrazine groups is 1. The molecule has 0 atom stereocenters. The SMILES string of the molecule is O=C(NNC1=CCS(=O)(=O)c2ccc(F)cc21)c1c[nH]c2ccccc12. The number of amides is 1. The summed E-state index contributed by atoms with van der Waals surface area (Å²) in [5, 5.41) is 0.762. The molecule has 0 unspecified atom stereocenters. The molecule has 0 aliphatic carbocycles. The van der Waals surface area contributed by atoms with E-state index in [2.05, 4.69) is 15.8 Å². The third kappa shape index (κ3) is 2.74. The molecule has 132 valence electrons. The van der Waals surface area contributed by atoms with Crippen molar-refractivity contribution in [2.45, 2.75) is 4.90 Å². The van der Waals surface area contributed by atoms with Crippen LogP contribution in [-0.2, 0) is 9.84 Å². The van der Waals surface area contributed by atoms with E-state index in [4.69, 9.17) is 0 Å². The van der Waals surface area contributed by atoms with Gasteiger partial charge in [0.25, 0.3) is 5.91 Å². The molecule has 6 nitrogen and oxygen atoms in total. The number of aromatic amines is 1. The number of fused-ring (bicyclic) bond motifs is 2. The highest BCUT2D eigenvalue weighted by molar-refractivity contribution is 7.91. The number of rotatable bonds is 3. The Hall–Kier alpha value is -3.13. The molecule has 0 saturated carbocycles. The van der Waals surface area contributed by atoms with Crippen LogP contribution in [0.25, 0.3) is 16.6 Å². The largest absolute Gasteiger partial charge is 0.360 e. The van der Waals surface area contributed by atoms with Crippen molar-refractivity contribution in [3.63, 3.8) is 0 Å². The fourth-order valence-corrected chi connectivity index (χ4v) is 4.29. The summed E-state index contributed by atoms with van der Waals surface area (Å²) in [4.78, 5) is 15.5. The van der Waals surface area contributed by atoms with Crippen molar-refractivity contribution in [2.24, 2.45) is 0 Å². The molecule has 2 aromatic carbocycles. The lowest BCUT2D eigenvalue weighted by molar-refractivity contribution is 0.0944. The maximum atomic E-state index is 13.6. The van der Waals surface area contributed by atoms with Crippen LogP contribution >= 0.6 is 0 Å². The summed E-state index contributed by atoms with van der Waals surface area (Å²) >= 11 is 0. The Morgan fingerprint density at radius 2 is 1.96 bits per heavy atom. The Kier molecular flexibility index (Phi) is 3.77. The number of hydrogen-bond acceptors (Lipinski definition) is 4. The third-order valence-corrected chi connectivity index (χ3v) is 5.85. The molecule has 1 aliphatic rings. The zero-order chi connectivity index (χ0) is 18.3. The number of H-pyrrole nitrogens is 1. The lowest BCUT2D eigenvalue weighted by Crippen LogP contribution is -2.37. The van der Waals surface area contributed by atoms with Gasteiger partial charge in [-0.15, -0.1) is 0 Å². The van der Waals surface area contributed by atoms with Crippen molar-refractivity contribution in [1.29, 1.82) is 0 Å².